The number of methoxy groups -OCH3 is 1. The van der Waals surface area contributed by atoms with E-state index in [1.54, 1.807) is 0 Å². The van der Waals surface area contributed by atoms with Crippen LogP contribution in [-0.4, -0.2) is 13.1 Å². The largest absolute Gasteiger partial charge is 0.469 e. The van der Waals surface area contributed by atoms with Gasteiger partial charge in [0.25, 0.3) is 0 Å². The van der Waals surface area contributed by atoms with Crippen LogP contribution in [0, 0.1) is 6.92 Å². The second-order valence-corrected chi connectivity index (χ2v) is 6.96. The molecule has 2 heteroatoms. The van der Waals surface area contributed by atoms with Crippen LogP contribution in [-0.2, 0) is 9.53 Å². The van der Waals surface area contributed by atoms with Crippen molar-refractivity contribution in [2.24, 2.45) is 0 Å². The third-order valence-corrected chi connectivity index (χ3v) is 4.62. The third kappa shape index (κ3) is 12.4. The molecule has 0 saturated carbocycles. The normalized spacial score (nSPS) is 11.1. The monoisotopic (exact) mass is 344 g/mol. The molecule has 0 aliphatic rings. The van der Waals surface area contributed by atoms with Crippen LogP contribution in [0.2, 0.25) is 0 Å². The molecule has 1 rings (SSSR count). The second kappa shape index (κ2) is 14.7. The van der Waals surface area contributed by atoms with E-state index in [9.17, 15) is 4.79 Å². The number of unbranched alkanes of at least 4 members (excludes halogenated alkanes) is 10. The van der Waals surface area contributed by atoms with Gasteiger partial charge in [0.15, 0.2) is 0 Å². The summed E-state index contributed by atoms with van der Waals surface area (Å²) in [7, 11) is 1.46. The average Bonchev–Trinajstić information content (AvgIpc) is 2.63. The summed E-state index contributed by atoms with van der Waals surface area (Å²) in [4.78, 5) is 11.0. The van der Waals surface area contributed by atoms with Gasteiger partial charge in [-0.2, -0.15) is 0 Å². The number of hydrogen-bond acceptors (Lipinski definition) is 2. The van der Waals surface area contributed by atoms with Crippen LogP contribution in [0.3, 0.4) is 0 Å². The molecule has 0 saturated heterocycles. The molecule has 0 aliphatic carbocycles. The SMILES string of the molecule is COC(=O)CCCCCCCCCCCCC=Cc1ccc(C)cc1. The van der Waals surface area contributed by atoms with Gasteiger partial charge in [-0.3, -0.25) is 4.79 Å². The number of carbonyl (C=O) groups is 1. The van der Waals surface area contributed by atoms with Crippen LogP contribution >= 0.6 is 0 Å². The summed E-state index contributed by atoms with van der Waals surface area (Å²) in [5.74, 6) is -0.0753. The van der Waals surface area contributed by atoms with Crippen LogP contribution in [0.4, 0.5) is 0 Å². The zero-order valence-corrected chi connectivity index (χ0v) is 16.3. The average molecular weight is 345 g/mol. The van der Waals surface area contributed by atoms with Crippen molar-refractivity contribution in [3.05, 3.63) is 41.5 Å². The number of esters is 1. The fourth-order valence-electron chi connectivity index (χ4n) is 2.94. The molecule has 0 unspecified atom stereocenters. The molecule has 1 aromatic carbocycles. The minimum absolute atomic E-state index is 0.0753. The van der Waals surface area contributed by atoms with E-state index in [4.69, 9.17) is 0 Å². The predicted molar refractivity (Wildman–Crippen MR) is 108 cm³/mol. The van der Waals surface area contributed by atoms with Crippen molar-refractivity contribution in [3.63, 3.8) is 0 Å². The minimum atomic E-state index is -0.0753. The molecule has 0 aliphatic heterocycles. The quantitative estimate of drug-likeness (QED) is 0.272. The highest BCUT2D eigenvalue weighted by Gasteiger charge is 1.99. The van der Waals surface area contributed by atoms with Crippen LogP contribution in [0.5, 0.6) is 0 Å². The maximum absolute atomic E-state index is 11.0. The zero-order valence-electron chi connectivity index (χ0n) is 16.3. The van der Waals surface area contributed by atoms with Gasteiger partial charge in [-0.1, -0.05) is 93.3 Å². The lowest BCUT2D eigenvalue weighted by Gasteiger charge is -2.02. The summed E-state index contributed by atoms with van der Waals surface area (Å²) in [6, 6.07) is 8.69. The number of benzene rings is 1. The molecule has 0 fully saturated rings. The number of ether oxygens (including phenoxy) is 1. The van der Waals surface area contributed by atoms with Crippen molar-refractivity contribution < 1.29 is 9.53 Å². The van der Waals surface area contributed by atoms with Crippen molar-refractivity contribution in [3.8, 4) is 0 Å². The van der Waals surface area contributed by atoms with Crippen molar-refractivity contribution in [2.75, 3.05) is 7.11 Å². The van der Waals surface area contributed by atoms with Gasteiger partial charge in [-0.15, -0.1) is 0 Å². The Morgan fingerprint density at radius 3 is 1.92 bits per heavy atom. The Balaban J connectivity index is 1.83. The van der Waals surface area contributed by atoms with Gasteiger partial charge in [-0.25, -0.2) is 0 Å². The first-order valence-corrected chi connectivity index (χ1v) is 10.0. The number of allylic oxidation sites excluding steroid dienone is 1. The van der Waals surface area contributed by atoms with E-state index in [-0.39, 0.29) is 5.97 Å². The van der Waals surface area contributed by atoms with Crippen molar-refractivity contribution in [1.29, 1.82) is 0 Å². The molecule has 0 radical (unpaired) electrons. The highest BCUT2D eigenvalue weighted by atomic mass is 16.5. The zero-order chi connectivity index (χ0) is 18.2. The molecule has 1 aromatic rings. The van der Waals surface area contributed by atoms with Gasteiger partial charge in [0.05, 0.1) is 7.11 Å². The molecule has 0 atom stereocenters. The van der Waals surface area contributed by atoms with E-state index in [1.807, 2.05) is 0 Å². The fraction of sp³-hybridized carbons (Fsp3) is 0.609. The van der Waals surface area contributed by atoms with Crippen LogP contribution < -0.4 is 0 Å². The predicted octanol–water partition coefficient (Wildman–Crippen LogP) is 6.86. The Bertz CT molecular complexity index is 473. The summed E-state index contributed by atoms with van der Waals surface area (Å²) in [5.41, 5.74) is 2.62. The lowest BCUT2D eigenvalue weighted by Crippen LogP contribution is -1.99. The number of hydrogen-bond donors (Lipinski definition) is 0. The highest BCUT2D eigenvalue weighted by molar-refractivity contribution is 5.68. The van der Waals surface area contributed by atoms with Gasteiger partial charge in [0.1, 0.15) is 0 Å². The fourth-order valence-corrected chi connectivity index (χ4v) is 2.94. The molecule has 0 amide bonds. The molecule has 0 spiro atoms. The molecular weight excluding hydrogens is 308 g/mol. The summed E-state index contributed by atoms with van der Waals surface area (Å²) in [5, 5.41) is 0. The van der Waals surface area contributed by atoms with E-state index in [1.165, 1.54) is 76.0 Å². The van der Waals surface area contributed by atoms with Crippen LogP contribution in [0.1, 0.15) is 88.2 Å². The molecular formula is C23H36O2. The lowest BCUT2D eigenvalue weighted by atomic mass is 10.0. The van der Waals surface area contributed by atoms with Crippen LogP contribution in [0.25, 0.3) is 6.08 Å². The number of carbonyl (C=O) groups excluding carboxylic acids is 1. The summed E-state index contributed by atoms with van der Waals surface area (Å²) >= 11 is 0. The minimum Gasteiger partial charge on any atom is -0.469 e. The van der Waals surface area contributed by atoms with Gasteiger partial charge < -0.3 is 4.74 Å². The number of aryl methyl sites for hydroxylation is 1. The van der Waals surface area contributed by atoms with Gasteiger partial charge in [0, 0.05) is 6.42 Å². The maximum atomic E-state index is 11.0. The molecule has 0 aromatic heterocycles. The standard InChI is InChI=1S/C23H36O2/c1-21-17-19-22(20-18-21)15-13-11-9-7-5-3-4-6-8-10-12-14-16-23(24)25-2/h13,15,17-20H,3-12,14,16H2,1-2H3. The first kappa shape index (κ1) is 21.5. The topological polar surface area (TPSA) is 26.3 Å². The molecule has 25 heavy (non-hydrogen) atoms. The van der Waals surface area contributed by atoms with Gasteiger partial charge in [-0.05, 0) is 31.7 Å². The first-order chi connectivity index (χ1) is 12.2. The lowest BCUT2D eigenvalue weighted by molar-refractivity contribution is -0.140. The van der Waals surface area contributed by atoms with E-state index in [0.717, 1.165) is 12.8 Å². The molecule has 0 bridgehead atoms. The van der Waals surface area contributed by atoms with E-state index < -0.39 is 0 Å². The highest BCUT2D eigenvalue weighted by Crippen LogP contribution is 2.13. The Hall–Kier alpha value is -1.57. The van der Waals surface area contributed by atoms with Gasteiger partial charge >= 0.3 is 5.97 Å². The first-order valence-electron chi connectivity index (χ1n) is 10.0. The van der Waals surface area contributed by atoms with Gasteiger partial charge in [0.2, 0.25) is 0 Å². The Morgan fingerprint density at radius 2 is 1.36 bits per heavy atom. The maximum Gasteiger partial charge on any atom is 0.305 e. The van der Waals surface area contributed by atoms with Crippen LogP contribution in [0.15, 0.2) is 30.3 Å². The summed E-state index contributed by atoms with van der Waals surface area (Å²) < 4.78 is 4.64. The second-order valence-electron chi connectivity index (χ2n) is 6.96. The van der Waals surface area contributed by atoms with E-state index in [0.29, 0.717) is 6.42 Å². The van der Waals surface area contributed by atoms with E-state index in [2.05, 4.69) is 48.1 Å². The Kier molecular flexibility index (Phi) is 12.7. The van der Waals surface area contributed by atoms with Crippen molar-refractivity contribution >= 4 is 12.0 Å². The van der Waals surface area contributed by atoms with E-state index >= 15 is 0 Å². The number of rotatable bonds is 14. The smallest absolute Gasteiger partial charge is 0.305 e. The molecule has 0 N–H and O–H groups in total. The molecule has 2 nitrogen and oxygen atoms in total. The molecule has 140 valence electrons. The Morgan fingerprint density at radius 1 is 0.840 bits per heavy atom. The van der Waals surface area contributed by atoms with Crippen molar-refractivity contribution in [1.82, 2.24) is 0 Å². The Labute approximate surface area is 154 Å². The summed E-state index contributed by atoms with van der Waals surface area (Å²) in [6.45, 7) is 2.12. The third-order valence-electron chi connectivity index (χ3n) is 4.62. The summed E-state index contributed by atoms with van der Waals surface area (Å²) in [6.07, 6.45) is 19.1. The van der Waals surface area contributed by atoms with Crippen molar-refractivity contribution in [2.45, 2.75) is 84.0 Å². The molecule has 0 heterocycles.